The molecule has 1 atom stereocenters. The van der Waals surface area contributed by atoms with Crippen LogP contribution >= 0.6 is 0 Å². The number of aromatic nitrogens is 2. The second kappa shape index (κ2) is 7.02. The molecular formula is C17H22N4O. The van der Waals surface area contributed by atoms with E-state index in [4.69, 9.17) is 0 Å². The largest absolute Gasteiger partial charge is 0.350 e. The van der Waals surface area contributed by atoms with Crippen LogP contribution in [-0.4, -0.2) is 21.9 Å². The number of rotatable bonds is 5. The predicted octanol–water partition coefficient (Wildman–Crippen LogP) is 3.37. The molecule has 0 radical (unpaired) electrons. The lowest BCUT2D eigenvalue weighted by atomic mass is 10.1. The number of para-hydroxylation sites is 1. The fraction of sp³-hybridized carbons (Fsp3) is 0.353. The summed E-state index contributed by atoms with van der Waals surface area (Å²) in [6.07, 6.45) is 0.890. The van der Waals surface area contributed by atoms with E-state index in [0.717, 1.165) is 17.8 Å². The van der Waals surface area contributed by atoms with Crippen molar-refractivity contribution in [3.05, 3.63) is 47.3 Å². The van der Waals surface area contributed by atoms with Gasteiger partial charge in [0.2, 0.25) is 5.95 Å². The standard InChI is InChI=1S/C17H22N4O/c1-5-11(2)18-16(22)14-8-6-7-9-15(14)21-17-19-12(3)10-13(4)20-17/h6-11H,5H2,1-4H3,(H,18,22)(H,19,20,21)/t11-/m0/s1. The van der Waals surface area contributed by atoms with Crippen LogP contribution < -0.4 is 10.6 Å². The van der Waals surface area contributed by atoms with E-state index in [2.05, 4.69) is 20.6 Å². The Morgan fingerprint density at radius 3 is 2.45 bits per heavy atom. The van der Waals surface area contributed by atoms with Gasteiger partial charge in [-0.25, -0.2) is 9.97 Å². The fourth-order valence-corrected chi connectivity index (χ4v) is 2.10. The zero-order valence-electron chi connectivity index (χ0n) is 13.5. The Morgan fingerprint density at radius 1 is 1.18 bits per heavy atom. The SMILES string of the molecule is CC[C@H](C)NC(=O)c1ccccc1Nc1nc(C)cc(C)n1. The number of hydrogen-bond donors (Lipinski definition) is 2. The molecule has 0 saturated heterocycles. The van der Waals surface area contributed by atoms with Crippen molar-refractivity contribution in [3.8, 4) is 0 Å². The van der Waals surface area contributed by atoms with Gasteiger partial charge in [0.05, 0.1) is 11.3 Å². The molecule has 1 amide bonds. The Bertz CT molecular complexity index is 649. The minimum absolute atomic E-state index is 0.0955. The first-order valence-electron chi connectivity index (χ1n) is 7.48. The summed E-state index contributed by atoms with van der Waals surface area (Å²) in [5, 5.41) is 6.12. The van der Waals surface area contributed by atoms with Crippen LogP contribution in [0, 0.1) is 13.8 Å². The number of benzene rings is 1. The van der Waals surface area contributed by atoms with Crippen molar-refractivity contribution in [2.75, 3.05) is 5.32 Å². The Labute approximate surface area is 131 Å². The molecule has 116 valence electrons. The highest BCUT2D eigenvalue weighted by Gasteiger charge is 2.13. The first-order chi connectivity index (χ1) is 10.5. The Kier molecular flexibility index (Phi) is 5.09. The lowest BCUT2D eigenvalue weighted by Crippen LogP contribution is -2.32. The second-order valence-corrected chi connectivity index (χ2v) is 5.43. The number of anilines is 2. The predicted molar refractivity (Wildman–Crippen MR) is 88.4 cm³/mol. The van der Waals surface area contributed by atoms with Gasteiger partial charge in [-0.1, -0.05) is 19.1 Å². The third kappa shape index (κ3) is 4.04. The summed E-state index contributed by atoms with van der Waals surface area (Å²) in [5.74, 6) is 0.406. The van der Waals surface area contributed by atoms with Crippen molar-refractivity contribution in [1.82, 2.24) is 15.3 Å². The molecule has 1 aromatic carbocycles. The second-order valence-electron chi connectivity index (χ2n) is 5.43. The van der Waals surface area contributed by atoms with Gasteiger partial charge in [-0.05, 0) is 45.4 Å². The molecule has 0 unspecified atom stereocenters. The number of nitrogens with zero attached hydrogens (tertiary/aromatic N) is 2. The van der Waals surface area contributed by atoms with Gasteiger partial charge in [-0.2, -0.15) is 0 Å². The highest BCUT2D eigenvalue weighted by Crippen LogP contribution is 2.19. The highest BCUT2D eigenvalue weighted by atomic mass is 16.1. The molecule has 0 aliphatic heterocycles. The zero-order chi connectivity index (χ0) is 16.1. The van der Waals surface area contributed by atoms with E-state index in [1.807, 2.05) is 52.0 Å². The number of carbonyl (C=O) groups excluding carboxylic acids is 1. The van der Waals surface area contributed by atoms with Crippen LogP contribution in [0.15, 0.2) is 30.3 Å². The van der Waals surface area contributed by atoms with Gasteiger partial charge in [0.25, 0.3) is 5.91 Å². The van der Waals surface area contributed by atoms with Crippen LogP contribution in [0.2, 0.25) is 0 Å². The lowest BCUT2D eigenvalue weighted by Gasteiger charge is -2.15. The summed E-state index contributed by atoms with van der Waals surface area (Å²) in [7, 11) is 0. The van der Waals surface area contributed by atoms with E-state index in [0.29, 0.717) is 17.2 Å². The van der Waals surface area contributed by atoms with Crippen LogP contribution in [0.5, 0.6) is 0 Å². The molecule has 2 rings (SSSR count). The summed E-state index contributed by atoms with van der Waals surface area (Å²) in [5.41, 5.74) is 3.06. The van der Waals surface area contributed by atoms with E-state index in [1.165, 1.54) is 0 Å². The van der Waals surface area contributed by atoms with E-state index in [1.54, 1.807) is 6.07 Å². The Balaban J connectivity index is 2.26. The van der Waals surface area contributed by atoms with Crippen molar-refractivity contribution < 1.29 is 4.79 Å². The average Bonchev–Trinajstić information content (AvgIpc) is 2.46. The van der Waals surface area contributed by atoms with E-state index < -0.39 is 0 Å². The summed E-state index contributed by atoms with van der Waals surface area (Å²) < 4.78 is 0. The van der Waals surface area contributed by atoms with E-state index >= 15 is 0 Å². The van der Waals surface area contributed by atoms with Crippen molar-refractivity contribution in [1.29, 1.82) is 0 Å². The molecule has 0 saturated carbocycles. The molecule has 1 aromatic heterocycles. The average molecular weight is 298 g/mol. The third-order valence-electron chi connectivity index (χ3n) is 3.39. The maximum absolute atomic E-state index is 12.4. The van der Waals surface area contributed by atoms with Crippen LogP contribution in [0.1, 0.15) is 42.0 Å². The first kappa shape index (κ1) is 15.9. The number of nitrogens with one attached hydrogen (secondary N) is 2. The first-order valence-corrected chi connectivity index (χ1v) is 7.48. The molecule has 5 heteroatoms. The summed E-state index contributed by atoms with van der Waals surface area (Å²) in [6.45, 7) is 7.86. The number of hydrogen-bond acceptors (Lipinski definition) is 4. The van der Waals surface area contributed by atoms with Crippen molar-refractivity contribution in [2.24, 2.45) is 0 Å². The van der Waals surface area contributed by atoms with Gasteiger partial charge in [-0.15, -0.1) is 0 Å². The smallest absolute Gasteiger partial charge is 0.253 e. The maximum atomic E-state index is 12.4. The molecule has 1 heterocycles. The fourth-order valence-electron chi connectivity index (χ4n) is 2.10. The van der Waals surface area contributed by atoms with Gasteiger partial charge in [0.15, 0.2) is 0 Å². The Morgan fingerprint density at radius 2 is 1.82 bits per heavy atom. The van der Waals surface area contributed by atoms with Crippen LogP contribution in [0.3, 0.4) is 0 Å². The highest BCUT2D eigenvalue weighted by molar-refractivity contribution is 6.00. The van der Waals surface area contributed by atoms with Gasteiger partial charge in [0, 0.05) is 17.4 Å². The molecular weight excluding hydrogens is 276 g/mol. The van der Waals surface area contributed by atoms with Gasteiger partial charge < -0.3 is 10.6 Å². The number of carbonyl (C=O) groups is 1. The topological polar surface area (TPSA) is 66.9 Å². The lowest BCUT2D eigenvalue weighted by molar-refractivity contribution is 0.0940. The summed E-state index contributed by atoms with van der Waals surface area (Å²) in [4.78, 5) is 21.1. The Hall–Kier alpha value is -2.43. The van der Waals surface area contributed by atoms with E-state index in [9.17, 15) is 4.79 Å². The van der Waals surface area contributed by atoms with Gasteiger partial charge in [0.1, 0.15) is 0 Å². The van der Waals surface area contributed by atoms with Gasteiger partial charge >= 0.3 is 0 Å². The quantitative estimate of drug-likeness (QED) is 0.888. The third-order valence-corrected chi connectivity index (χ3v) is 3.39. The maximum Gasteiger partial charge on any atom is 0.253 e. The number of aryl methyl sites for hydroxylation is 2. The van der Waals surface area contributed by atoms with Crippen molar-refractivity contribution in [2.45, 2.75) is 40.2 Å². The molecule has 0 aliphatic carbocycles. The number of amides is 1. The minimum Gasteiger partial charge on any atom is -0.350 e. The zero-order valence-corrected chi connectivity index (χ0v) is 13.5. The molecule has 22 heavy (non-hydrogen) atoms. The molecule has 5 nitrogen and oxygen atoms in total. The monoisotopic (exact) mass is 298 g/mol. The van der Waals surface area contributed by atoms with Crippen LogP contribution in [0.25, 0.3) is 0 Å². The van der Waals surface area contributed by atoms with Gasteiger partial charge in [-0.3, -0.25) is 4.79 Å². The van der Waals surface area contributed by atoms with Crippen LogP contribution in [0.4, 0.5) is 11.6 Å². The summed E-state index contributed by atoms with van der Waals surface area (Å²) in [6, 6.07) is 9.42. The van der Waals surface area contributed by atoms with Crippen molar-refractivity contribution >= 4 is 17.5 Å². The minimum atomic E-state index is -0.0955. The van der Waals surface area contributed by atoms with Crippen molar-refractivity contribution in [3.63, 3.8) is 0 Å². The van der Waals surface area contributed by atoms with E-state index in [-0.39, 0.29) is 11.9 Å². The normalized spacial score (nSPS) is 11.8. The molecule has 0 bridgehead atoms. The molecule has 2 N–H and O–H groups in total. The van der Waals surface area contributed by atoms with Crippen LogP contribution in [-0.2, 0) is 0 Å². The molecule has 0 aliphatic rings. The summed E-state index contributed by atoms with van der Waals surface area (Å²) >= 11 is 0. The molecule has 0 spiro atoms. The molecule has 2 aromatic rings. The molecule has 0 fully saturated rings.